The van der Waals surface area contributed by atoms with Crippen LogP contribution in [0.1, 0.15) is 31.9 Å². The molecule has 0 bridgehead atoms. The van der Waals surface area contributed by atoms with Gasteiger partial charge < -0.3 is 9.47 Å². The number of hydrogen-bond donors (Lipinski definition) is 2. The summed E-state index contributed by atoms with van der Waals surface area (Å²) in [6.45, 7) is 6.22. The maximum absolute atomic E-state index is 11.8. The van der Waals surface area contributed by atoms with Crippen LogP contribution < -0.4 is 15.6 Å². The van der Waals surface area contributed by atoms with Crippen molar-refractivity contribution < 1.29 is 19.1 Å². The molecule has 0 aliphatic rings. The molecule has 7 heteroatoms. The molecule has 6 nitrogen and oxygen atoms in total. The van der Waals surface area contributed by atoms with Gasteiger partial charge >= 0.3 is 6.09 Å². The SMILES string of the molecule is CC(C)(C)c1ccc(OCC(=O)NNC(=O)OCc2ccccc2)c(Br)c1. The number of rotatable bonds is 5. The minimum Gasteiger partial charge on any atom is -0.483 e. The zero-order valence-electron chi connectivity index (χ0n) is 15.5. The molecule has 2 amide bonds. The lowest BCUT2D eigenvalue weighted by Gasteiger charge is -2.20. The van der Waals surface area contributed by atoms with Gasteiger partial charge in [-0.2, -0.15) is 0 Å². The topological polar surface area (TPSA) is 76.7 Å². The molecule has 0 spiro atoms. The van der Waals surface area contributed by atoms with Crippen molar-refractivity contribution in [2.45, 2.75) is 32.8 Å². The van der Waals surface area contributed by atoms with Crippen LogP contribution in [0.5, 0.6) is 5.75 Å². The van der Waals surface area contributed by atoms with Crippen LogP contribution in [0.3, 0.4) is 0 Å². The summed E-state index contributed by atoms with van der Waals surface area (Å²) in [6.07, 6.45) is -0.747. The van der Waals surface area contributed by atoms with Gasteiger partial charge in [0.15, 0.2) is 6.61 Å². The van der Waals surface area contributed by atoms with Crippen LogP contribution >= 0.6 is 15.9 Å². The maximum Gasteiger partial charge on any atom is 0.426 e. The van der Waals surface area contributed by atoms with E-state index in [-0.39, 0.29) is 18.6 Å². The molecule has 0 heterocycles. The molecule has 2 aromatic rings. The van der Waals surface area contributed by atoms with E-state index in [0.29, 0.717) is 5.75 Å². The predicted octanol–water partition coefficient (Wildman–Crippen LogP) is 4.08. The minimum absolute atomic E-state index is 0.0163. The van der Waals surface area contributed by atoms with E-state index in [2.05, 4.69) is 47.6 Å². The molecule has 0 radical (unpaired) electrons. The lowest BCUT2D eigenvalue weighted by Crippen LogP contribution is -2.44. The molecule has 0 fully saturated rings. The molecule has 2 N–H and O–H groups in total. The van der Waals surface area contributed by atoms with E-state index in [0.717, 1.165) is 15.6 Å². The summed E-state index contributed by atoms with van der Waals surface area (Å²) in [7, 11) is 0. The zero-order valence-corrected chi connectivity index (χ0v) is 17.1. The number of hydrogen-bond acceptors (Lipinski definition) is 4. The highest BCUT2D eigenvalue weighted by Crippen LogP contribution is 2.31. The molecular weight excluding hydrogens is 412 g/mol. The first kappa shape index (κ1) is 20.8. The largest absolute Gasteiger partial charge is 0.483 e. The highest BCUT2D eigenvalue weighted by Gasteiger charge is 2.15. The average molecular weight is 435 g/mol. The molecule has 0 unspecified atom stereocenters. The van der Waals surface area contributed by atoms with Crippen molar-refractivity contribution >= 4 is 27.9 Å². The van der Waals surface area contributed by atoms with Crippen LogP contribution in [0.2, 0.25) is 0 Å². The van der Waals surface area contributed by atoms with E-state index in [9.17, 15) is 9.59 Å². The fourth-order valence-corrected chi connectivity index (χ4v) is 2.64. The molecule has 2 rings (SSSR count). The van der Waals surface area contributed by atoms with Crippen LogP contribution in [0.25, 0.3) is 0 Å². The molecule has 0 aliphatic heterocycles. The summed E-state index contributed by atoms with van der Waals surface area (Å²) in [5.74, 6) is 0.0447. The molecule has 0 aromatic heterocycles. The van der Waals surface area contributed by atoms with Gasteiger partial charge in [-0.3, -0.25) is 10.2 Å². The number of ether oxygens (including phenoxy) is 2. The van der Waals surface area contributed by atoms with Gasteiger partial charge in [0.1, 0.15) is 12.4 Å². The Bertz CT molecular complexity index is 788. The Morgan fingerprint density at radius 1 is 1.04 bits per heavy atom. The van der Waals surface area contributed by atoms with Crippen molar-refractivity contribution in [2.24, 2.45) is 0 Å². The third-order valence-corrected chi connectivity index (χ3v) is 4.29. The number of amides is 2. The highest BCUT2D eigenvalue weighted by molar-refractivity contribution is 9.10. The number of carbonyl (C=O) groups is 2. The number of nitrogens with one attached hydrogen (secondary N) is 2. The molecule has 0 saturated heterocycles. The second-order valence-electron chi connectivity index (χ2n) is 6.92. The summed E-state index contributed by atoms with van der Waals surface area (Å²) < 4.78 is 11.2. The molecule has 0 aliphatic carbocycles. The van der Waals surface area contributed by atoms with Crippen LogP contribution in [0, 0.1) is 0 Å². The number of carbonyl (C=O) groups excluding carboxylic acids is 2. The van der Waals surface area contributed by atoms with E-state index >= 15 is 0 Å². The summed E-state index contributed by atoms with van der Waals surface area (Å²) in [5, 5.41) is 0. The van der Waals surface area contributed by atoms with E-state index in [1.54, 1.807) is 6.07 Å². The first-order valence-corrected chi connectivity index (χ1v) is 9.23. The Labute approximate surface area is 167 Å². The Balaban J connectivity index is 1.74. The Kier molecular flexibility index (Phi) is 7.24. The second-order valence-corrected chi connectivity index (χ2v) is 7.77. The number of benzene rings is 2. The second kappa shape index (κ2) is 9.41. The molecule has 0 saturated carbocycles. The van der Waals surface area contributed by atoms with Gasteiger partial charge in [-0.15, -0.1) is 0 Å². The van der Waals surface area contributed by atoms with Crippen molar-refractivity contribution in [3.63, 3.8) is 0 Å². The molecule has 27 heavy (non-hydrogen) atoms. The van der Waals surface area contributed by atoms with Gasteiger partial charge in [0.25, 0.3) is 5.91 Å². The lowest BCUT2D eigenvalue weighted by atomic mass is 9.87. The van der Waals surface area contributed by atoms with Crippen molar-refractivity contribution in [2.75, 3.05) is 6.61 Å². The van der Waals surface area contributed by atoms with Crippen LogP contribution in [0.4, 0.5) is 4.79 Å². The van der Waals surface area contributed by atoms with Crippen LogP contribution in [-0.4, -0.2) is 18.6 Å². The third-order valence-electron chi connectivity index (χ3n) is 3.67. The fraction of sp³-hybridized carbons (Fsp3) is 0.300. The quantitative estimate of drug-likeness (QED) is 0.694. The average Bonchev–Trinajstić information content (AvgIpc) is 2.63. The fourth-order valence-electron chi connectivity index (χ4n) is 2.14. The van der Waals surface area contributed by atoms with Gasteiger partial charge in [-0.1, -0.05) is 57.2 Å². The van der Waals surface area contributed by atoms with E-state index in [1.807, 2.05) is 42.5 Å². The summed E-state index contributed by atoms with van der Waals surface area (Å²) in [6, 6.07) is 15.0. The first-order chi connectivity index (χ1) is 12.8. The summed E-state index contributed by atoms with van der Waals surface area (Å²) in [5.41, 5.74) is 6.44. The molecule has 144 valence electrons. The number of halogens is 1. The van der Waals surface area contributed by atoms with Crippen molar-refractivity contribution in [1.82, 2.24) is 10.9 Å². The summed E-state index contributed by atoms with van der Waals surface area (Å²) >= 11 is 3.45. The van der Waals surface area contributed by atoms with Gasteiger partial charge in [0.2, 0.25) is 0 Å². The molecule has 0 atom stereocenters. The lowest BCUT2D eigenvalue weighted by molar-refractivity contribution is -0.124. The van der Waals surface area contributed by atoms with Crippen molar-refractivity contribution in [3.05, 3.63) is 64.1 Å². The molecule has 2 aromatic carbocycles. The van der Waals surface area contributed by atoms with Crippen molar-refractivity contribution in [1.29, 1.82) is 0 Å². The standard InChI is InChI=1S/C20H23BrN2O4/c1-20(2,3)15-9-10-17(16(21)11-15)26-13-18(24)22-23-19(25)27-12-14-7-5-4-6-8-14/h4-11H,12-13H2,1-3H3,(H,22,24)(H,23,25). The Hall–Kier alpha value is -2.54. The minimum atomic E-state index is -0.747. The zero-order chi connectivity index (χ0) is 19.9. The predicted molar refractivity (Wildman–Crippen MR) is 106 cm³/mol. The molecular formula is C20H23BrN2O4. The van der Waals surface area contributed by atoms with Crippen LogP contribution in [0.15, 0.2) is 53.0 Å². The van der Waals surface area contributed by atoms with E-state index in [4.69, 9.17) is 9.47 Å². The van der Waals surface area contributed by atoms with Gasteiger partial charge in [-0.05, 0) is 44.6 Å². The first-order valence-electron chi connectivity index (χ1n) is 8.44. The van der Waals surface area contributed by atoms with Gasteiger partial charge in [-0.25, -0.2) is 10.2 Å². The normalized spacial score (nSPS) is 10.8. The third kappa shape index (κ3) is 6.94. The van der Waals surface area contributed by atoms with E-state index < -0.39 is 12.0 Å². The van der Waals surface area contributed by atoms with Gasteiger partial charge in [0, 0.05) is 0 Å². The Morgan fingerprint density at radius 3 is 2.37 bits per heavy atom. The number of hydrazine groups is 1. The van der Waals surface area contributed by atoms with Crippen molar-refractivity contribution in [3.8, 4) is 5.75 Å². The van der Waals surface area contributed by atoms with Gasteiger partial charge in [0.05, 0.1) is 4.47 Å². The Morgan fingerprint density at radius 2 is 1.74 bits per heavy atom. The maximum atomic E-state index is 11.8. The monoisotopic (exact) mass is 434 g/mol. The van der Waals surface area contributed by atoms with Crippen LogP contribution in [-0.2, 0) is 21.6 Å². The van der Waals surface area contributed by atoms with E-state index in [1.165, 1.54) is 0 Å². The highest BCUT2D eigenvalue weighted by atomic mass is 79.9. The summed E-state index contributed by atoms with van der Waals surface area (Å²) in [4.78, 5) is 23.4. The smallest absolute Gasteiger partial charge is 0.426 e.